The Labute approximate surface area is 174 Å². The molecule has 0 amide bonds. The first-order valence-electron chi connectivity index (χ1n) is 9.14. The number of hydrogen-bond donors (Lipinski definition) is 1. The van der Waals surface area contributed by atoms with Crippen LogP contribution in [0.4, 0.5) is 0 Å². The average Bonchev–Trinajstić information content (AvgIpc) is 3.17. The van der Waals surface area contributed by atoms with Gasteiger partial charge in [-0.3, -0.25) is 4.99 Å². The molecule has 0 spiro atoms. The Kier molecular flexibility index (Phi) is 11.3. The van der Waals surface area contributed by atoms with Crippen LogP contribution in [0.25, 0.3) is 0 Å². The molecule has 0 aromatic carbocycles. The Morgan fingerprint density at radius 1 is 1.31 bits per heavy atom. The summed E-state index contributed by atoms with van der Waals surface area (Å²) in [4.78, 5) is 6.88. The summed E-state index contributed by atoms with van der Waals surface area (Å²) < 4.78 is 35.8. The second-order valence-corrected chi connectivity index (χ2v) is 8.56. The van der Waals surface area contributed by atoms with Crippen LogP contribution in [0.3, 0.4) is 0 Å². The molecular weight excluding hydrogens is 471 g/mol. The summed E-state index contributed by atoms with van der Waals surface area (Å²) in [5, 5.41) is 3.31. The van der Waals surface area contributed by atoms with Crippen molar-refractivity contribution in [1.29, 1.82) is 0 Å². The first-order chi connectivity index (χ1) is 12.1. The summed E-state index contributed by atoms with van der Waals surface area (Å²) in [6.45, 7) is 8.29. The van der Waals surface area contributed by atoms with Gasteiger partial charge in [-0.05, 0) is 19.8 Å². The van der Waals surface area contributed by atoms with Gasteiger partial charge in [-0.25, -0.2) is 12.7 Å². The Hall–Kier alpha value is -0.170. The predicted octanol–water partition coefficient (Wildman–Crippen LogP) is 0.590. The Balaban J connectivity index is 0.00000338. The molecule has 0 aromatic heterocycles. The Bertz CT molecular complexity index is 532. The minimum atomic E-state index is -3.04. The number of aliphatic imine (C=N–C) groups is 1. The fourth-order valence-electron chi connectivity index (χ4n) is 3.19. The van der Waals surface area contributed by atoms with E-state index in [1.54, 1.807) is 11.4 Å². The molecule has 2 fully saturated rings. The van der Waals surface area contributed by atoms with Gasteiger partial charge in [0.05, 0.1) is 32.1 Å². The summed E-state index contributed by atoms with van der Waals surface area (Å²) in [7, 11) is -1.36. The highest BCUT2D eigenvalue weighted by Crippen LogP contribution is 2.17. The van der Waals surface area contributed by atoms with Gasteiger partial charge in [-0.2, -0.15) is 0 Å². The highest BCUT2D eigenvalue weighted by Gasteiger charge is 2.28. The van der Waals surface area contributed by atoms with E-state index in [2.05, 4.69) is 15.2 Å². The molecule has 1 N–H and O–H groups in total. The normalized spacial score (nSPS) is 23.2. The van der Waals surface area contributed by atoms with Crippen molar-refractivity contribution in [3.05, 3.63) is 0 Å². The van der Waals surface area contributed by atoms with E-state index in [0.29, 0.717) is 38.8 Å². The largest absolute Gasteiger partial charge is 0.382 e. The summed E-state index contributed by atoms with van der Waals surface area (Å²) in [6, 6.07) is 0. The molecule has 2 saturated heterocycles. The van der Waals surface area contributed by atoms with Crippen molar-refractivity contribution in [3.8, 4) is 0 Å². The number of ether oxygens (including phenoxy) is 2. The van der Waals surface area contributed by atoms with Crippen molar-refractivity contribution in [1.82, 2.24) is 14.5 Å². The molecule has 2 aliphatic heterocycles. The Morgan fingerprint density at radius 3 is 2.77 bits per heavy atom. The van der Waals surface area contributed by atoms with Gasteiger partial charge >= 0.3 is 0 Å². The van der Waals surface area contributed by atoms with Gasteiger partial charge in [0.2, 0.25) is 10.0 Å². The van der Waals surface area contributed by atoms with E-state index in [0.717, 1.165) is 45.0 Å². The predicted molar refractivity (Wildman–Crippen MR) is 114 cm³/mol. The maximum atomic E-state index is 11.8. The SMILES string of the molecule is CCNC(=NCCN1CCCS1(=O)=O)N1CCC(COCCOC)C1.I. The zero-order valence-corrected chi connectivity index (χ0v) is 19.0. The van der Waals surface area contributed by atoms with Crippen molar-refractivity contribution in [2.24, 2.45) is 10.9 Å². The van der Waals surface area contributed by atoms with E-state index in [1.807, 2.05) is 6.92 Å². The van der Waals surface area contributed by atoms with Crippen LogP contribution >= 0.6 is 24.0 Å². The monoisotopic (exact) mass is 504 g/mol. The van der Waals surface area contributed by atoms with Crippen LogP contribution in [0.5, 0.6) is 0 Å². The molecular formula is C16H33IN4O4S. The lowest BCUT2D eigenvalue weighted by Gasteiger charge is -2.22. The topological polar surface area (TPSA) is 83.5 Å². The summed E-state index contributed by atoms with van der Waals surface area (Å²) >= 11 is 0. The molecule has 0 saturated carbocycles. The van der Waals surface area contributed by atoms with E-state index in [-0.39, 0.29) is 29.7 Å². The Morgan fingerprint density at radius 2 is 2.12 bits per heavy atom. The third-order valence-electron chi connectivity index (χ3n) is 4.52. The van der Waals surface area contributed by atoms with Crippen LogP contribution < -0.4 is 5.32 Å². The summed E-state index contributed by atoms with van der Waals surface area (Å²) in [5.74, 6) is 1.64. The summed E-state index contributed by atoms with van der Waals surface area (Å²) in [6.07, 6.45) is 1.81. The third-order valence-corrected chi connectivity index (χ3v) is 6.48. The van der Waals surface area contributed by atoms with Crippen molar-refractivity contribution < 1.29 is 17.9 Å². The smallest absolute Gasteiger partial charge is 0.214 e. The molecule has 2 heterocycles. The summed E-state index contributed by atoms with van der Waals surface area (Å²) in [5.41, 5.74) is 0. The first kappa shape index (κ1) is 23.9. The molecule has 0 aromatic rings. The number of rotatable bonds is 9. The van der Waals surface area contributed by atoms with E-state index in [9.17, 15) is 8.42 Å². The van der Waals surface area contributed by atoms with E-state index in [1.165, 1.54) is 0 Å². The number of likely N-dealkylation sites (tertiary alicyclic amines) is 1. The number of sulfonamides is 1. The van der Waals surface area contributed by atoms with Gasteiger partial charge in [-0.1, -0.05) is 0 Å². The molecule has 1 atom stereocenters. The third kappa shape index (κ3) is 7.45. The molecule has 1 unspecified atom stereocenters. The quantitative estimate of drug-likeness (QED) is 0.214. The standard InChI is InChI=1S/C16H32N4O4S.HI/c1-3-17-16(18-6-9-20-7-4-12-25(20,21)22)19-8-5-15(13-19)14-24-11-10-23-2;/h15H,3-14H2,1-2H3,(H,17,18);1H. The van der Waals surface area contributed by atoms with Gasteiger partial charge in [-0.15, -0.1) is 24.0 Å². The van der Waals surface area contributed by atoms with Crippen LogP contribution in [0.15, 0.2) is 4.99 Å². The van der Waals surface area contributed by atoms with Crippen molar-refractivity contribution in [2.75, 3.05) is 72.0 Å². The van der Waals surface area contributed by atoms with Crippen LogP contribution in [0, 0.1) is 5.92 Å². The zero-order chi connectivity index (χ0) is 18.1. The molecule has 0 radical (unpaired) electrons. The van der Waals surface area contributed by atoms with Gasteiger partial charge in [0.15, 0.2) is 5.96 Å². The lowest BCUT2D eigenvalue weighted by molar-refractivity contribution is 0.0536. The fourth-order valence-corrected chi connectivity index (χ4v) is 4.71. The van der Waals surface area contributed by atoms with Crippen molar-refractivity contribution in [3.63, 3.8) is 0 Å². The van der Waals surface area contributed by atoms with Gasteiger partial charge in [0.1, 0.15) is 0 Å². The minimum Gasteiger partial charge on any atom is -0.382 e. The second kappa shape index (κ2) is 12.3. The molecule has 10 heteroatoms. The molecule has 2 rings (SSSR count). The highest BCUT2D eigenvalue weighted by molar-refractivity contribution is 14.0. The maximum absolute atomic E-state index is 11.8. The van der Waals surface area contributed by atoms with E-state index in [4.69, 9.17) is 9.47 Å². The van der Waals surface area contributed by atoms with Crippen LogP contribution in [0.1, 0.15) is 19.8 Å². The fraction of sp³-hybridized carbons (Fsp3) is 0.938. The number of hydrogen-bond acceptors (Lipinski definition) is 5. The number of halogens is 1. The molecule has 2 aliphatic rings. The first-order valence-corrected chi connectivity index (χ1v) is 10.8. The van der Waals surface area contributed by atoms with Crippen molar-refractivity contribution in [2.45, 2.75) is 19.8 Å². The molecule has 8 nitrogen and oxygen atoms in total. The number of nitrogens with zero attached hydrogens (tertiary/aromatic N) is 3. The zero-order valence-electron chi connectivity index (χ0n) is 15.9. The average molecular weight is 504 g/mol. The van der Waals surface area contributed by atoms with Gasteiger partial charge in [0, 0.05) is 45.8 Å². The number of methoxy groups -OCH3 is 1. The lowest BCUT2D eigenvalue weighted by atomic mass is 10.1. The highest BCUT2D eigenvalue weighted by atomic mass is 127. The number of guanidine groups is 1. The minimum absolute atomic E-state index is 0. The van der Waals surface area contributed by atoms with Crippen LogP contribution in [0.2, 0.25) is 0 Å². The van der Waals surface area contributed by atoms with Gasteiger partial charge < -0.3 is 19.7 Å². The van der Waals surface area contributed by atoms with Crippen LogP contribution in [-0.2, 0) is 19.5 Å². The van der Waals surface area contributed by atoms with Gasteiger partial charge in [0.25, 0.3) is 0 Å². The van der Waals surface area contributed by atoms with Crippen molar-refractivity contribution >= 4 is 40.0 Å². The molecule has 0 aliphatic carbocycles. The molecule has 26 heavy (non-hydrogen) atoms. The molecule has 154 valence electrons. The molecule has 0 bridgehead atoms. The lowest BCUT2D eigenvalue weighted by Crippen LogP contribution is -2.41. The van der Waals surface area contributed by atoms with Crippen LogP contribution in [-0.4, -0.2) is 95.5 Å². The maximum Gasteiger partial charge on any atom is 0.214 e. The van der Waals surface area contributed by atoms with E-state index >= 15 is 0 Å². The number of nitrogens with one attached hydrogen (secondary N) is 1. The second-order valence-electron chi connectivity index (χ2n) is 6.47. The van der Waals surface area contributed by atoms with E-state index < -0.39 is 10.0 Å².